The Kier molecular flexibility index (Phi) is 7.55. The number of rotatable bonds is 8. The van der Waals surface area contributed by atoms with E-state index >= 15 is 0 Å². The second kappa shape index (κ2) is 10.0. The highest BCUT2D eigenvalue weighted by atomic mass is 14.9. The largest absolute Gasteiger partial charge is 0.316 e. The van der Waals surface area contributed by atoms with Crippen LogP contribution in [0.2, 0.25) is 0 Å². The van der Waals surface area contributed by atoms with E-state index in [1.165, 1.54) is 51.4 Å². The van der Waals surface area contributed by atoms with E-state index in [0.29, 0.717) is 10.8 Å². The van der Waals surface area contributed by atoms with Crippen molar-refractivity contribution in [2.45, 2.75) is 137 Å². The number of fused-ring (bicyclic) bond motifs is 5. The van der Waals surface area contributed by atoms with Crippen molar-refractivity contribution in [3.63, 3.8) is 0 Å². The lowest BCUT2D eigenvalue weighted by atomic mass is 9.48. The summed E-state index contributed by atoms with van der Waals surface area (Å²) in [4.78, 5) is 0. The Morgan fingerprint density at radius 3 is 2.21 bits per heavy atom. The Morgan fingerprint density at radius 1 is 0.765 bits per heavy atom. The van der Waals surface area contributed by atoms with Gasteiger partial charge in [-0.1, -0.05) is 60.3 Å². The van der Waals surface area contributed by atoms with E-state index in [4.69, 9.17) is 0 Å². The monoisotopic (exact) mass is 469 g/mol. The molecule has 0 amide bonds. The van der Waals surface area contributed by atoms with Gasteiger partial charge in [0, 0.05) is 6.04 Å². The van der Waals surface area contributed by atoms with Gasteiger partial charge in [0.05, 0.1) is 0 Å². The molecule has 0 heterocycles. The Balaban J connectivity index is 1.28. The summed E-state index contributed by atoms with van der Waals surface area (Å²) in [6, 6.07) is 0.825. The van der Waals surface area contributed by atoms with Crippen molar-refractivity contribution in [1.82, 2.24) is 5.32 Å². The summed E-state index contributed by atoms with van der Waals surface area (Å²) in [5.74, 6) is 8.90. The molecule has 196 valence electrons. The van der Waals surface area contributed by atoms with Crippen LogP contribution in [-0.4, -0.2) is 13.1 Å². The van der Waals surface area contributed by atoms with E-state index in [-0.39, 0.29) is 0 Å². The lowest BCUT2D eigenvalue weighted by molar-refractivity contribution is -0.0808. The molecular formula is C33H59N. The van der Waals surface area contributed by atoms with Gasteiger partial charge in [0.15, 0.2) is 0 Å². The lowest BCUT2D eigenvalue weighted by Gasteiger charge is -2.57. The average Bonchev–Trinajstić information content (AvgIpc) is 3.58. The zero-order valence-corrected chi connectivity index (χ0v) is 23.9. The molecule has 1 heteroatoms. The van der Waals surface area contributed by atoms with Crippen LogP contribution in [0.5, 0.6) is 0 Å². The van der Waals surface area contributed by atoms with Gasteiger partial charge in [-0.25, -0.2) is 0 Å². The van der Waals surface area contributed by atoms with Gasteiger partial charge < -0.3 is 5.32 Å². The summed E-state index contributed by atoms with van der Waals surface area (Å²) in [6.07, 6.45) is 22.8. The fourth-order valence-corrected chi connectivity index (χ4v) is 11.2. The van der Waals surface area contributed by atoms with Crippen molar-refractivity contribution in [2.24, 2.45) is 64.1 Å². The van der Waals surface area contributed by atoms with Crippen LogP contribution in [-0.2, 0) is 0 Å². The first-order chi connectivity index (χ1) is 16.3. The van der Waals surface area contributed by atoms with E-state index in [0.717, 1.165) is 59.3 Å². The van der Waals surface area contributed by atoms with Gasteiger partial charge in [-0.15, -0.1) is 0 Å². The van der Waals surface area contributed by atoms with Gasteiger partial charge in [-0.2, -0.15) is 0 Å². The van der Waals surface area contributed by atoms with E-state index in [9.17, 15) is 0 Å². The minimum atomic E-state index is 0.641. The Morgan fingerprint density at radius 2 is 1.50 bits per heavy atom. The normalized spacial score (nSPS) is 46.3. The van der Waals surface area contributed by atoms with Crippen LogP contribution < -0.4 is 5.32 Å². The first kappa shape index (κ1) is 25.6. The van der Waals surface area contributed by atoms with Crippen molar-refractivity contribution >= 4 is 0 Å². The fourth-order valence-electron chi connectivity index (χ4n) is 11.2. The molecule has 0 radical (unpaired) electrons. The first-order valence-electron chi connectivity index (χ1n) is 15.9. The third-order valence-corrected chi connectivity index (χ3v) is 13.1. The van der Waals surface area contributed by atoms with Crippen LogP contribution in [0.3, 0.4) is 0 Å². The molecule has 5 rings (SSSR count). The molecule has 1 N–H and O–H groups in total. The molecular weight excluding hydrogens is 410 g/mol. The molecule has 0 aromatic carbocycles. The smallest absolute Gasteiger partial charge is 0.0121 e. The summed E-state index contributed by atoms with van der Waals surface area (Å²) in [7, 11) is 2.25. The standard InChI is InChI=1S/C33H59N/c1-22(2)9-7-10-23(3)28-15-16-29-27-12-8-11-26-21-25(31(34-6)24-13-14-24)17-19-32(26,4)30(27)18-20-33(28,29)5/h22-31,34H,7-21H2,1-6H3/t23?,25-,26?,27?,28?,29?,30?,31?,32?,33+/m0/s1. The number of nitrogens with one attached hydrogen (secondary N) is 1. The highest BCUT2D eigenvalue weighted by molar-refractivity contribution is 5.09. The molecule has 5 saturated carbocycles. The number of hydrogen-bond donors (Lipinski definition) is 1. The van der Waals surface area contributed by atoms with Crippen LogP contribution in [0.1, 0.15) is 131 Å². The fraction of sp³-hybridized carbons (Fsp3) is 1.00. The zero-order valence-electron chi connectivity index (χ0n) is 23.9. The van der Waals surface area contributed by atoms with E-state index in [2.05, 4.69) is 47.0 Å². The molecule has 0 aromatic rings. The molecule has 34 heavy (non-hydrogen) atoms. The Bertz CT molecular complexity index is 680. The topological polar surface area (TPSA) is 12.0 Å². The van der Waals surface area contributed by atoms with Gasteiger partial charge in [-0.05, 0) is 142 Å². The average molecular weight is 470 g/mol. The molecule has 10 atom stereocenters. The first-order valence-corrected chi connectivity index (χ1v) is 15.9. The maximum Gasteiger partial charge on any atom is 0.0121 e. The van der Waals surface area contributed by atoms with E-state index in [1.807, 2.05) is 0 Å². The predicted octanol–water partition coefficient (Wildman–Crippen LogP) is 9.11. The highest BCUT2D eigenvalue weighted by Crippen LogP contribution is 2.68. The molecule has 0 aliphatic heterocycles. The third kappa shape index (κ3) is 4.56. The minimum Gasteiger partial charge on any atom is -0.316 e. The number of hydrogen-bond acceptors (Lipinski definition) is 1. The molecule has 5 aliphatic rings. The summed E-state index contributed by atoms with van der Waals surface area (Å²) in [5.41, 5.74) is 1.29. The zero-order chi connectivity index (χ0) is 24.1. The van der Waals surface area contributed by atoms with Crippen LogP contribution in [0.25, 0.3) is 0 Å². The van der Waals surface area contributed by atoms with Crippen molar-refractivity contribution in [1.29, 1.82) is 0 Å². The Hall–Kier alpha value is -0.0400. The molecule has 0 spiro atoms. The van der Waals surface area contributed by atoms with Crippen LogP contribution in [0, 0.1) is 64.1 Å². The van der Waals surface area contributed by atoms with Gasteiger partial charge >= 0.3 is 0 Å². The molecule has 0 saturated heterocycles. The van der Waals surface area contributed by atoms with Gasteiger partial charge in [-0.3, -0.25) is 0 Å². The van der Waals surface area contributed by atoms with E-state index in [1.54, 1.807) is 44.9 Å². The second-order valence-corrected chi connectivity index (χ2v) is 15.2. The quantitative estimate of drug-likeness (QED) is 0.373. The minimum absolute atomic E-state index is 0.641. The third-order valence-electron chi connectivity index (χ3n) is 13.1. The predicted molar refractivity (Wildman–Crippen MR) is 147 cm³/mol. The van der Waals surface area contributed by atoms with E-state index < -0.39 is 0 Å². The van der Waals surface area contributed by atoms with Crippen molar-refractivity contribution < 1.29 is 0 Å². The highest BCUT2D eigenvalue weighted by Gasteiger charge is 2.59. The molecule has 5 fully saturated rings. The van der Waals surface area contributed by atoms with Crippen molar-refractivity contribution in [3.05, 3.63) is 0 Å². The molecule has 1 nitrogen and oxygen atoms in total. The maximum absolute atomic E-state index is 3.78. The van der Waals surface area contributed by atoms with Gasteiger partial charge in [0.1, 0.15) is 0 Å². The van der Waals surface area contributed by atoms with Gasteiger partial charge in [0.2, 0.25) is 0 Å². The molecule has 8 unspecified atom stereocenters. The van der Waals surface area contributed by atoms with Crippen LogP contribution in [0.15, 0.2) is 0 Å². The Labute approximate surface area is 213 Å². The maximum atomic E-state index is 3.78. The molecule has 0 bridgehead atoms. The summed E-state index contributed by atoms with van der Waals surface area (Å²) in [5, 5.41) is 3.78. The summed E-state index contributed by atoms with van der Waals surface area (Å²) in [6.45, 7) is 13.0. The van der Waals surface area contributed by atoms with Crippen molar-refractivity contribution in [2.75, 3.05) is 7.05 Å². The summed E-state index contributed by atoms with van der Waals surface area (Å²) < 4.78 is 0. The summed E-state index contributed by atoms with van der Waals surface area (Å²) >= 11 is 0. The van der Waals surface area contributed by atoms with Gasteiger partial charge in [0.25, 0.3) is 0 Å². The molecule has 5 aliphatic carbocycles. The van der Waals surface area contributed by atoms with Crippen molar-refractivity contribution in [3.8, 4) is 0 Å². The second-order valence-electron chi connectivity index (χ2n) is 15.2. The van der Waals surface area contributed by atoms with Crippen LogP contribution in [0.4, 0.5) is 0 Å². The molecule has 0 aromatic heterocycles. The lowest BCUT2D eigenvalue weighted by Crippen LogP contribution is -2.51. The SMILES string of the molecule is CNC(C1CC1)[C@H]1CCC2(C)C(CCCC3C2CC[C@]2(C)C(C(C)CCCC(C)C)CCC32)C1. The van der Waals surface area contributed by atoms with Crippen LogP contribution >= 0.6 is 0 Å².